The lowest BCUT2D eigenvalue weighted by Gasteiger charge is -2.13. The molecule has 0 aromatic carbocycles. The molecular weight excluding hydrogens is 276 g/mol. The van der Waals surface area contributed by atoms with E-state index in [9.17, 15) is 13.2 Å². The van der Waals surface area contributed by atoms with Crippen LogP contribution in [0.25, 0.3) is 0 Å². The van der Waals surface area contributed by atoms with Crippen molar-refractivity contribution in [1.29, 1.82) is 0 Å². The van der Waals surface area contributed by atoms with Crippen LogP contribution in [-0.2, 0) is 14.6 Å². The van der Waals surface area contributed by atoms with Crippen LogP contribution in [0.15, 0.2) is 5.51 Å². The molecule has 0 amide bonds. The molecule has 0 aliphatic carbocycles. The summed E-state index contributed by atoms with van der Waals surface area (Å²) < 4.78 is 27.2. The molecule has 1 unspecified atom stereocenters. The lowest BCUT2D eigenvalue weighted by atomic mass is 10.3. The zero-order valence-corrected chi connectivity index (χ0v) is 12.1. The molecule has 0 saturated carbocycles. The highest BCUT2D eigenvalue weighted by Crippen LogP contribution is 2.22. The van der Waals surface area contributed by atoms with Gasteiger partial charge in [0.05, 0.1) is 17.9 Å². The van der Waals surface area contributed by atoms with Gasteiger partial charge in [0, 0.05) is 12.3 Å². The van der Waals surface area contributed by atoms with Gasteiger partial charge in [0.15, 0.2) is 5.69 Å². The molecule has 6 nitrogen and oxygen atoms in total. The Balaban J connectivity index is 2.74. The molecular formula is C10H16N2O4S2. The molecule has 1 rings (SSSR count). The predicted molar refractivity (Wildman–Crippen MR) is 70.9 cm³/mol. The Bertz CT molecular complexity index is 510. The van der Waals surface area contributed by atoms with Gasteiger partial charge in [0.1, 0.15) is 14.8 Å². The number of thiazole rings is 1. The van der Waals surface area contributed by atoms with Crippen molar-refractivity contribution in [2.24, 2.45) is 0 Å². The Morgan fingerprint density at radius 3 is 2.83 bits per heavy atom. The van der Waals surface area contributed by atoms with Gasteiger partial charge in [-0.25, -0.2) is 18.2 Å². The first-order valence-electron chi connectivity index (χ1n) is 5.38. The van der Waals surface area contributed by atoms with Crippen molar-refractivity contribution < 1.29 is 17.9 Å². The van der Waals surface area contributed by atoms with E-state index in [0.29, 0.717) is 5.00 Å². The predicted octanol–water partition coefficient (Wildman–Crippen LogP) is 1.16. The van der Waals surface area contributed by atoms with Gasteiger partial charge in [-0.3, -0.25) is 0 Å². The lowest BCUT2D eigenvalue weighted by Crippen LogP contribution is -2.25. The highest BCUT2D eigenvalue weighted by atomic mass is 32.2. The second kappa shape index (κ2) is 6.14. The van der Waals surface area contributed by atoms with Gasteiger partial charge in [-0.05, 0) is 13.8 Å². The molecule has 1 heterocycles. The van der Waals surface area contributed by atoms with Crippen LogP contribution in [0, 0.1) is 0 Å². The van der Waals surface area contributed by atoms with E-state index in [1.54, 1.807) is 13.8 Å². The second-order valence-corrected chi connectivity index (χ2v) is 6.93. The van der Waals surface area contributed by atoms with Gasteiger partial charge >= 0.3 is 5.97 Å². The first-order chi connectivity index (χ1) is 8.33. The van der Waals surface area contributed by atoms with Crippen LogP contribution in [0.3, 0.4) is 0 Å². The fourth-order valence-corrected chi connectivity index (χ4v) is 3.19. The Kier molecular flexibility index (Phi) is 5.09. The maximum atomic E-state index is 11.6. The van der Waals surface area contributed by atoms with E-state index in [0.717, 1.165) is 0 Å². The summed E-state index contributed by atoms with van der Waals surface area (Å²) in [6.07, 6.45) is 1.17. The van der Waals surface area contributed by atoms with Crippen LogP contribution < -0.4 is 5.32 Å². The van der Waals surface area contributed by atoms with Crippen LogP contribution in [-0.4, -0.2) is 44.0 Å². The fourth-order valence-electron chi connectivity index (χ4n) is 1.41. The van der Waals surface area contributed by atoms with Crippen LogP contribution in [0.2, 0.25) is 0 Å². The molecule has 0 spiro atoms. The minimum Gasteiger partial charge on any atom is -0.461 e. The first-order valence-corrected chi connectivity index (χ1v) is 8.32. The van der Waals surface area contributed by atoms with Crippen molar-refractivity contribution in [2.75, 3.05) is 23.9 Å². The first kappa shape index (κ1) is 14.9. The van der Waals surface area contributed by atoms with Gasteiger partial charge in [-0.2, -0.15) is 0 Å². The number of sulfone groups is 1. The molecule has 0 bridgehead atoms. The Morgan fingerprint density at radius 2 is 2.28 bits per heavy atom. The van der Waals surface area contributed by atoms with Crippen molar-refractivity contribution >= 4 is 32.1 Å². The number of esters is 1. The number of hydrogen-bond donors (Lipinski definition) is 1. The molecule has 0 radical (unpaired) electrons. The highest BCUT2D eigenvalue weighted by Gasteiger charge is 2.18. The summed E-state index contributed by atoms with van der Waals surface area (Å²) in [6.45, 7) is 3.72. The number of nitrogens with one attached hydrogen (secondary N) is 1. The van der Waals surface area contributed by atoms with E-state index in [4.69, 9.17) is 4.74 Å². The lowest BCUT2D eigenvalue weighted by molar-refractivity contribution is 0.0521. The number of ether oxygens (including phenoxy) is 1. The summed E-state index contributed by atoms with van der Waals surface area (Å²) in [5.74, 6) is -0.513. The van der Waals surface area contributed by atoms with Crippen LogP contribution in [0.1, 0.15) is 24.3 Å². The smallest absolute Gasteiger partial charge is 0.360 e. The molecule has 0 saturated heterocycles. The average Bonchev–Trinajstić information content (AvgIpc) is 2.62. The second-order valence-electron chi connectivity index (χ2n) is 3.89. The van der Waals surface area contributed by atoms with Crippen molar-refractivity contribution in [3.05, 3.63) is 11.2 Å². The van der Waals surface area contributed by atoms with Crippen molar-refractivity contribution in [2.45, 2.75) is 19.9 Å². The largest absolute Gasteiger partial charge is 0.461 e. The minimum absolute atomic E-state index is 0.00678. The molecule has 8 heteroatoms. The Morgan fingerprint density at radius 1 is 1.61 bits per heavy atom. The Labute approximate surface area is 110 Å². The Hall–Kier alpha value is -1.15. The number of aromatic nitrogens is 1. The SMILES string of the molecule is CCOC(=O)c1ncsc1NC(C)CS(C)(=O)=O. The third-order valence-electron chi connectivity index (χ3n) is 1.97. The molecule has 18 heavy (non-hydrogen) atoms. The summed E-state index contributed by atoms with van der Waals surface area (Å²) in [4.78, 5) is 15.5. The number of anilines is 1. The van der Waals surface area contributed by atoms with Crippen molar-refractivity contribution in [3.63, 3.8) is 0 Å². The van der Waals surface area contributed by atoms with Gasteiger partial charge in [-0.15, -0.1) is 11.3 Å². The molecule has 102 valence electrons. The maximum absolute atomic E-state index is 11.6. The number of hydrogen-bond acceptors (Lipinski definition) is 7. The van der Waals surface area contributed by atoms with Crippen molar-refractivity contribution in [3.8, 4) is 0 Å². The summed E-state index contributed by atoms with van der Waals surface area (Å²) in [7, 11) is -3.06. The number of carbonyl (C=O) groups is 1. The van der Waals surface area contributed by atoms with Gasteiger partial charge in [-0.1, -0.05) is 0 Å². The quantitative estimate of drug-likeness (QED) is 0.792. The fraction of sp³-hybridized carbons (Fsp3) is 0.600. The van der Waals surface area contributed by atoms with Crippen LogP contribution >= 0.6 is 11.3 Å². The van der Waals surface area contributed by atoms with E-state index in [1.807, 2.05) is 0 Å². The number of carbonyl (C=O) groups excluding carboxylic acids is 1. The third-order valence-corrected chi connectivity index (χ3v) is 3.83. The van der Waals surface area contributed by atoms with Crippen LogP contribution in [0.4, 0.5) is 5.00 Å². The van der Waals surface area contributed by atoms with Gasteiger partial charge < -0.3 is 10.1 Å². The van der Waals surface area contributed by atoms with Crippen molar-refractivity contribution in [1.82, 2.24) is 4.98 Å². The van der Waals surface area contributed by atoms with Gasteiger partial charge in [0.25, 0.3) is 0 Å². The topological polar surface area (TPSA) is 85.4 Å². The van der Waals surface area contributed by atoms with Gasteiger partial charge in [0.2, 0.25) is 0 Å². The molecule has 1 aromatic heterocycles. The number of rotatable bonds is 6. The summed E-state index contributed by atoms with van der Waals surface area (Å²) in [5.41, 5.74) is 1.71. The van der Waals surface area contributed by atoms with Crippen LogP contribution in [0.5, 0.6) is 0 Å². The number of nitrogens with zero attached hydrogens (tertiary/aromatic N) is 1. The molecule has 1 N–H and O–H groups in total. The minimum atomic E-state index is -3.06. The monoisotopic (exact) mass is 292 g/mol. The molecule has 0 aliphatic heterocycles. The summed E-state index contributed by atoms with van der Waals surface area (Å²) in [6, 6.07) is -0.298. The maximum Gasteiger partial charge on any atom is 0.360 e. The van der Waals surface area contributed by atoms with E-state index in [1.165, 1.54) is 23.1 Å². The molecule has 1 aromatic rings. The molecule has 0 aliphatic rings. The highest BCUT2D eigenvalue weighted by molar-refractivity contribution is 7.90. The average molecular weight is 292 g/mol. The normalized spacial score (nSPS) is 13.1. The van der Waals surface area contributed by atoms with E-state index < -0.39 is 15.8 Å². The molecule has 1 atom stereocenters. The van der Waals surface area contributed by atoms with E-state index in [2.05, 4.69) is 10.3 Å². The van der Waals surface area contributed by atoms with E-state index >= 15 is 0 Å². The standard InChI is InChI=1S/C10H16N2O4S2/c1-4-16-10(13)8-9(17-6-11-8)12-7(2)5-18(3,14)15/h6-7,12H,4-5H2,1-3H3. The summed E-state index contributed by atoms with van der Waals surface area (Å²) >= 11 is 1.24. The zero-order chi connectivity index (χ0) is 13.8. The molecule has 0 fully saturated rings. The summed E-state index contributed by atoms with van der Waals surface area (Å²) in [5, 5.41) is 3.49. The zero-order valence-electron chi connectivity index (χ0n) is 10.5. The van der Waals surface area contributed by atoms with E-state index in [-0.39, 0.29) is 24.1 Å². The third kappa shape index (κ3) is 4.61.